The molecular formula is C14H30N4. The fourth-order valence-corrected chi connectivity index (χ4v) is 3.08. The minimum atomic E-state index is 0.404. The molecule has 0 saturated heterocycles. The summed E-state index contributed by atoms with van der Waals surface area (Å²) in [5.41, 5.74) is 0.404. The van der Waals surface area contributed by atoms with Crippen molar-refractivity contribution in [2.75, 3.05) is 55.4 Å². The first-order valence-corrected chi connectivity index (χ1v) is 6.90. The molecule has 4 nitrogen and oxygen atoms in total. The third-order valence-corrected chi connectivity index (χ3v) is 3.67. The van der Waals surface area contributed by atoms with Crippen LogP contribution in [0.1, 0.15) is 25.7 Å². The van der Waals surface area contributed by atoms with E-state index in [1.54, 1.807) is 0 Å². The van der Waals surface area contributed by atoms with Crippen molar-refractivity contribution >= 4 is 5.96 Å². The van der Waals surface area contributed by atoms with E-state index in [9.17, 15) is 0 Å². The lowest BCUT2D eigenvalue weighted by atomic mass is 9.86. The maximum absolute atomic E-state index is 4.87. The van der Waals surface area contributed by atoms with E-state index < -0.39 is 0 Å². The molecule has 0 aliphatic heterocycles. The molecule has 0 amide bonds. The quantitative estimate of drug-likeness (QED) is 0.562. The van der Waals surface area contributed by atoms with Crippen molar-refractivity contribution in [1.29, 1.82) is 0 Å². The summed E-state index contributed by atoms with van der Waals surface area (Å²) in [4.78, 5) is 11.4. The molecule has 4 heteroatoms. The van der Waals surface area contributed by atoms with Gasteiger partial charge in [0.1, 0.15) is 0 Å². The molecule has 0 radical (unpaired) electrons. The van der Waals surface area contributed by atoms with Crippen LogP contribution in [0.5, 0.6) is 0 Å². The Kier molecular flexibility index (Phi) is 5.45. The number of hydrogen-bond acceptors (Lipinski definition) is 2. The summed E-state index contributed by atoms with van der Waals surface area (Å²) in [6, 6.07) is 0. The minimum Gasteiger partial charge on any atom is -0.349 e. The van der Waals surface area contributed by atoms with E-state index in [2.05, 4.69) is 57.0 Å². The molecule has 0 N–H and O–H groups in total. The Labute approximate surface area is 113 Å². The highest BCUT2D eigenvalue weighted by molar-refractivity contribution is 5.79. The van der Waals surface area contributed by atoms with Gasteiger partial charge >= 0.3 is 0 Å². The zero-order chi connectivity index (χ0) is 13.8. The standard InChI is InChI=1S/C14H30N4/c1-16(2)12-14(9-7-8-10-14)11-15-13(17(3)4)18(5)6/h7-12H2,1-6H3. The zero-order valence-electron chi connectivity index (χ0n) is 13.0. The van der Waals surface area contributed by atoms with Crippen molar-refractivity contribution in [2.24, 2.45) is 10.4 Å². The number of nitrogens with zero attached hydrogens (tertiary/aromatic N) is 4. The second kappa shape index (κ2) is 6.41. The first-order chi connectivity index (χ1) is 8.36. The van der Waals surface area contributed by atoms with Crippen LogP contribution in [-0.2, 0) is 0 Å². The van der Waals surface area contributed by atoms with Crippen molar-refractivity contribution in [3.8, 4) is 0 Å². The van der Waals surface area contributed by atoms with Crippen LogP contribution in [0.25, 0.3) is 0 Å². The highest BCUT2D eigenvalue weighted by Gasteiger charge is 2.34. The Bertz CT molecular complexity index is 266. The lowest BCUT2D eigenvalue weighted by Gasteiger charge is -2.32. The van der Waals surface area contributed by atoms with Gasteiger partial charge in [-0.2, -0.15) is 0 Å². The van der Waals surface area contributed by atoms with Crippen LogP contribution < -0.4 is 0 Å². The fraction of sp³-hybridized carbons (Fsp3) is 0.929. The molecule has 106 valence electrons. The SMILES string of the molecule is CN(C)CC1(CN=C(N(C)C)N(C)C)CCCC1. The van der Waals surface area contributed by atoms with Crippen molar-refractivity contribution in [1.82, 2.24) is 14.7 Å². The third-order valence-electron chi connectivity index (χ3n) is 3.67. The smallest absolute Gasteiger partial charge is 0.195 e. The topological polar surface area (TPSA) is 22.1 Å². The summed E-state index contributed by atoms with van der Waals surface area (Å²) in [6.07, 6.45) is 5.37. The fourth-order valence-electron chi connectivity index (χ4n) is 3.08. The molecule has 0 heterocycles. The third kappa shape index (κ3) is 4.16. The van der Waals surface area contributed by atoms with Crippen molar-refractivity contribution in [3.63, 3.8) is 0 Å². The molecule has 0 aromatic heterocycles. The van der Waals surface area contributed by atoms with Gasteiger partial charge in [-0.05, 0) is 26.9 Å². The molecule has 1 rings (SSSR count). The van der Waals surface area contributed by atoms with Gasteiger partial charge < -0.3 is 14.7 Å². The van der Waals surface area contributed by atoms with Crippen LogP contribution in [0.2, 0.25) is 0 Å². The lowest BCUT2D eigenvalue weighted by Crippen LogP contribution is -2.38. The molecular weight excluding hydrogens is 224 g/mol. The van der Waals surface area contributed by atoms with Crippen molar-refractivity contribution in [3.05, 3.63) is 0 Å². The molecule has 0 aromatic carbocycles. The van der Waals surface area contributed by atoms with E-state index in [4.69, 9.17) is 4.99 Å². The summed E-state index contributed by atoms with van der Waals surface area (Å²) in [7, 11) is 12.6. The predicted molar refractivity (Wildman–Crippen MR) is 79.1 cm³/mol. The highest BCUT2D eigenvalue weighted by atomic mass is 15.3. The van der Waals surface area contributed by atoms with Gasteiger partial charge in [0, 0.05) is 46.7 Å². The molecule has 1 fully saturated rings. The second-order valence-corrected chi connectivity index (χ2v) is 6.35. The summed E-state index contributed by atoms with van der Waals surface area (Å²) in [5, 5.41) is 0. The van der Waals surface area contributed by atoms with Gasteiger partial charge in [0.05, 0.1) is 0 Å². The number of rotatable bonds is 4. The van der Waals surface area contributed by atoms with Crippen LogP contribution in [0, 0.1) is 5.41 Å². The number of guanidine groups is 1. The normalized spacial score (nSPS) is 17.9. The summed E-state index contributed by atoms with van der Waals surface area (Å²) in [5.74, 6) is 1.07. The van der Waals surface area contributed by atoms with Gasteiger partial charge in [-0.15, -0.1) is 0 Å². The van der Waals surface area contributed by atoms with Gasteiger partial charge in [0.15, 0.2) is 5.96 Å². The Morgan fingerprint density at radius 2 is 1.44 bits per heavy atom. The van der Waals surface area contributed by atoms with Crippen molar-refractivity contribution < 1.29 is 0 Å². The molecule has 1 aliphatic carbocycles. The first kappa shape index (κ1) is 15.3. The maximum atomic E-state index is 4.87. The molecule has 1 saturated carbocycles. The van der Waals surface area contributed by atoms with E-state index in [-0.39, 0.29) is 0 Å². The van der Waals surface area contributed by atoms with Crippen LogP contribution >= 0.6 is 0 Å². The lowest BCUT2D eigenvalue weighted by molar-refractivity contribution is 0.209. The summed E-state index contributed by atoms with van der Waals surface area (Å²) >= 11 is 0. The average Bonchev–Trinajstić information content (AvgIpc) is 2.64. The van der Waals surface area contributed by atoms with E-state index in [1.807, 2.05) is 0 Å². The van der Waals surface area contributed by atoms with E-state index >= 15 is 0 Å². The average molecular weight is 254 g/mol. The number of hydrogen-bond donors (Lipinski definition) is 0. The first-order valence-electron chi connectivity index (χ1n) is 6.90. The Morgan fingerprint density at radius 3 is 1.83 bits per heavy atom. The number of aliphatic imine (C=N–C) groups is 1. The minimum absolute atomic E-state index is 0.404. The molecule has 0 aromatic rings. The molecule has 0 atom stereocenters. The van der Waals surface area contributed by atoms with E-state index in [0.717, 1.165) is 19.0 Å². The van der Waals surface area contributed by atoms with Gasteiger partial charge in [-0.1, -0.05) is 12.8 Å². The van der Waals surface area contributed by atoms with Crippen molar-refractivity contribution in [2.45, 2.75) is 25.7 Å². The van der Waals surface area contributed by atoms with Gasteiger partial charge in [-0.3, -0.25) is 4.99 Å². The van der Waals surface area contributed by atoms with E-state index in [1.165, 1.54) is 25.7 Å². The molecule has 0 bridgehead atoms. The maximum Gasteiger partial charge on any atom is 0.195 e. The Hall–Kier alpha value is -0.770. The Balaban J connectivity index is 2.74. The van der Waals surface area contributed by atoms with Crippen LogP contribution in [0.15, 0.2) is 4.99 Å². The largest absolute Gasteiger partial charge is 0.349 e. The predicted octanol–water partition coefficient (Wildman–Crippen LogP) is 1.59. The zero-order valence-corrected chi connectivity index (χ0v) is 13.0. The highest BCUT2D eigenvalue weighted by Crippen LogP contribution is 2.38. The van der Waals surface area contributed by atoms with Gasteiger partial charge in [-0.25, -0.2) is 0 Å². The second-order valence-electron chi connectivity index (χ2n) is 6.35. The van der Waals surface area contributed by atoms with Crippen LogP contribution in [-0.4, -0.2) is 76.0 Å². The van der Waals surface area contributed by atoms with Crippen LogP contribution in [0.4, 0.5) is 0 Å². The van der Waals surface area contributed by atoms with Crippen LogP contribution in [0.3, 0.4) is 0 Å². The van der Waals surface area contributed by atoms with Gasteiger partial charge in [0.25, 0.3) is 0 Å². The molecule has 0 unspecified atom stereocenters. The molecule has 18 heavy (non-hydrogen) atoms. The molecule has 1 aliphatic rings. The summed E-state index contributed by atoms with van der Waals surface area (Å²) < 4.78 is 0. The van der Waals surface area contributed by atoms with E-state index in [0.29, 0.717) is 5.41 Å². The summed E-state index contributed by atoms with van der Waals surface area (Å²) in [6.45, 7) is 2.11. The Morgan fingerprint density at radius 1 is 0.944 bits per heavy atom. The monoisotopic (exact) mass is 254 g/mol. The molecule has 0 spiro atoms. The van der Waals surface area contributed by atoms with Gasteiger partial charge in [0.2, 0.25) is 0 Å².